The molecule has 4 aromatic rings. The molecule has 0 radical (unpaired) electrons. The summed E-state index contributed by atoms with van der Waals surface area (Å²) in [5, 5.41) is 6.28. The van der Waals surface area contributed by atoms with Gasteiger partial charge in [-0.15, -0.1) is 0 Å². The van der Waals surface area contributed by atoms with E-state index in [0.717, 1.165) is 16.8 Å². The van der Waals surface area contributed by atoms with Crippen molar-refractivity contribution < 1.29 is 0 Å². The molecule has 0 bridgehead atoms. The van der Waals surface area contributed by atoms with Crippen LogP contribution in [0.25, 0.3) is 17.2 Å². The zero-order valence-corrected chi connectivity index (χ0v) is 13.7. The van der Waals surface area contributed by atoms with Crippen molar-refractivity contribution >= 4 is 11.5 Å². The van der Waals surface area contributed by atoms with E-state index < -0.39 is 0 Å². The number of rotatable bonds is 4. The predicted octanol–water partition coefficient (Wildman–Crippen LogP) is 3.01. The van der Waals surface area contributed by atoms with Crippen molar-refractivity contribution in [3.05, 3.63) is 82.3 Å². The minimum Gasteiger partial charge on any atom is -0.379 e. The third kappa shape index (κ3) is 3.01. The number of benzene rings is 2. The molecule has 124 valence electrons. The summed E-state index contributed by atoms with van der Waals surface area (Å²) in [5.74, 6) is 1.01. The topological polar surface area (TPSA) is 75.1 Å². The van der Waals surface area contributed by atoms with Gasteiger partial charge in [-0.3, -0.25) is 9.89 Å². The minimum atomic E-state index is -0.179. The van der Waals surface area contributed by atoms with E-state index in [2.05, 4.69) is 20.4 Å². The number of aryl methyl sites for hydroxylation is 1. The van der Waals surface area contributed by atoms with Gasteiger partial charge in [0.1, 0.15) is 0 Å². The molecule has 0 aliphatic heterocycles. The second-order valence-corrected chi connectivity index (χ2v) is 5.83. The monoisotopic (exact) mass is 331 g/mol. The number of para-hydroxylation sites is 1. The molecule has 2 aromatic carbocycles. The number of fused-ring (bicyclic) bond motifs is 1. The number of hydrogen-bond acceptors (Lipinski definition) is 4. The first-order valence-corrected chi connectivity index (χ1v) is 8.04. The molecule has 0 atom stereocenters. The molecule has 2 aromatic heterocycles. The van der Waals surface area contributed by atoms with Gasteiger partial charge in [-0.25, -0.2) is 4.98 Å². The van der Waals surface area contributed by atoms with Crippen LogP contribution in [0.5, 0.6) is 0 Å². The van der Waals surface area contributed by atoms with Crippen molar-refractivity contribution in [2.45, 2.75) is 13.5 Å². The van der Waals surface area contributed by atoms with Gasteiger partial charge >= 0.3 is 0 Å². The second-order valence-electron chi connectivity index (χ2n) is 5.83. The minimum absolute atomic E-state index is 0.179. The van der Waals surface area contributed by atoms with E-state index >= 15 is 0 Å². The summed E-state index contributed by atoms with van der Waals surface area (Å²) in [6.45, 7) is 2.47. The number of H-pyrrole nitrogens is 1. The largest absolute Gasteiger partial charge is 0.379 e. The molecule has 0 fully saturated rings. The molecule has 0 saturated heterocycles. The SMILES string of the molecule is Cc1ccccc1-c1nc2nc(CNc3ccccc3)cc(=O)n2[nH]1. The fraction of sp³-hybridized carbons (Fsp3) is 0.105. The Labute approximate surface area is 144 Å². The molecule has 0 aliphatic carbocycles. The summed E-state index contributed by atoms with van der Waals surface area (Å²) in [7, 11) is 0. The van der Waals surface area contributed by atoms with Gasteiger partial charge in [0.15, 0.2) is 5.82 Å². The molecule has 4 rings (SSSR count). The van der Waals surface area contributed by atoms with Crippen molar-refractivity contribution in [3.63, 3.8) is 0 Å². The smallest absolute Gasteiger partial charge is 0.274 e. The van der Waals surface area contributed by atoms with Crippen LogP contribution in [0.4, 0.5) is 5.69 Å². The zero-order valence-electron chi connectivity index (χ0n) is 13.7. The van der Waals surface area contributed by atoms with Crippen LogP contribution >= 0.6 is 0 Å². The molecule has 2 N–H and O–H groups in total. The van der Waals surface area contributed by atoms with Gasteiger partial charge in [0, 0.05) is 17.3 Å². The highest BCUT2D eigenvalue weighted by Crippen LogP contribution is 2.19. The van der Waals surface area contributed by atoms with Gasteiger partial charge in [0.2, 0.25) is 0 Å². The molecule has 2 heterocycles. The molecule has 25 heavy (non-hydrogen) atoms. The third-order valence-electron chi connectivity index (χ3n) is 4.03. The van der Waals surface area contributed by atoms with E-state index in [1.807, 2.05) is 61.5 Å². The average molecular weight is 331 g/mol. The summed E-state index contributed by atoms with van der Waals surface area (Å²) in [5.41, 5.74) is 3.49. The van der Waals surface area contributed by atoms with E-state index in [4.69, 9.17) is 0 Å². The van der Waals surface area contributed by atoms with Crippen LogP contribution in [0.3, 0.4) is 0 Å². The third-order valence-corrected chi connectivity index (χ3v) is 4.03. The van der Waals surface area contributed by atoms with Crippen molar-refractivity contribution in [2.24, 2.45) is 0 Å². The lowest BCUT2D eigenvalue weighted by Crippen LogP contribution is -2.17. The standard InChI is InChI=1S/C19H17N5O/c1-13-7-5-6-10-16(13)18-22-19-21-15(11-17(25)24(19)23-18)12-20-14-8-3-2-4-9-14/h2-11,20H,12H2,1H3,(H,21,22,23). The Kier molecular flexibility index (Phi) is 3.78. The first-order valence-electron chi connectivity index (χ1n) is 8.04. The number of hydrogen-bond donors (Lipinski definition) is 2. The van der Waals surface area contributed by atoms with Crippen LogP contribution in [0.2, 0.25) is 0 Å². The summed E-state index contributed by atoms with van der Waals surface area (Å²) in [6, 6.07) is 19.2. The fourth-order valence-corrected chi connectivity index (χ4v) is 2.73. The maximum atomic E-state index is 12.4. The maximum absolute atomic E-state index is 12.4. The summed E-state index contributed by atoms with van der Waals surface area (Å²) >= 11 is 0. The van der Waals surface area contributed by atoms with E-state index in [9.17, 15) is 4.79 Å². The van der Waals surface area contributed by atoms with E-state index in [1.165, 1.54) is 10.6 Å². The predicted molar refractivity (Wildman–Crippen MR) is 97.5 cm³/mol. The van der Waals surface area contributed by atoms with Gasteiger partial charge in [0.05, 0.1) is 12.2 Å². The van der Waals surface area contributed by atoms with Crippen LogP contribution in [-0.2, 0) is 6.54 Å². The lowest BCUT2D eigenvalue weighted by Gasteiger charge is -2.05. The Morgan fingerprint density at radius 3 is 2.60 bits per heavy atom. The highest BCUT2D eigenvalue weighted by molar-refractivity contribution is 5.61. The molecular formula is C19H17N5O. The first kappa shape index (κ1) is 15.1. The molecule has 0 amide bonds. The summed E-state index contributed by atoms with van der Waals surface area (Å²) in [4.78, 5) is 21.3. The quantitative estimate of drug-likeness (QED) is 0.603. The molecule has 0 saturated carbocycles. The highest BCUT2D eigenvalue weighted by atomic mass is 16.1. The Bertz CT molecular complexity index is 1080. The van der Waals surface area contributed by atoms with E-state index in [0.29, 0.717) is 23.8 Å². The van der Waals surface area contributed by atoms with Gasteiger partial charge in [0.25, 0.3) is 11.3 Å². The Morgan fingerprint density at radius 2 is 1.80 bits per heavy atom. The Balaban J connectivity index is 1.68. The molecular weight excluding hydrogens is 314 g/mol. The van der Waals surface area contributed by atoms with Crippen molar-refractivity contribution in [3.8, 4) is 11.4 Å². The molecule has 0 unspecified atom stereocenters. The van der Waals surface area contributed by atoms with Gasteiger partial charge in [-0.1, -0.05) is 42.5 Å². The van der Waals surface area contributed by atoms with Crippen molar-refractivity contribution in [2.75, 3.05) is 5.32 Å². The van der Waals surface area contributed by atoms with Crippen LogP contribution < -0.4 is 10.9 Å². The lowest BCUT2D eigenvalue weighted by molar-refractivity contribution is 0.878. The van der Waals surface area contributed by atoms with E-state index in [1.54, 1.807) is 0 Å². The van der Waals surface area contributed by atoms with Gasteiger partial charge in [-0.2, -0.15) is 9.50 Å². The second kappa shape index (κ2) is 6.24. The maximum Gasteiger partial charge on any atom is 0.274 e. The van der Waals surface area contributed by atoms with Gasteiger partial charge < -0.3 is 5.32 Å². The van der Waals surface area contributed by atoms with Crippen molar-refractivity contribution in [1.29, 1.82) is 0 Å². The Morgan fingerprint density at radius 1 is 1.04 bits per heavy atom. The normalized spacial score (nSPS) is 10.9. The molecule has 0 spiro atoms. The number of nitrogens with zero attached hydrogens (tertiary/aromatic N) is 3. The van der Waals surface area contributed by atoms with E-state index in [-0.39, 0.29) is 5.56 Å². The van der Waals surface area contributed by atoms with Crippen LogP contribution in [0.15, 0.2) is 65.5 Å². The molecule has 6 nitrogen and oxygen atoms in total. The van der Waals surface area contributed by atoms with Crippen molar-refractivity contribution in [1.82, 2.24) is 19.6 Å². The lowest BCUT2D eigenvalue weighted by atomic mass is 10.1. The number of aromatic nitrogens is 4. The Hall–Kier alpha value is -3.41. The zero-order chi connectivity index (χ0) is 17.2. The summed E-state index contributed by atoms with van der Waals surface area (Å²) in [6.07, 6.45) is 0. The summed E-state index contributed by atoms with van der Waals surface area (Å²) < 4.78 is 1.37. The first-order chi connectivity index (χ1) is 12.2. The number of nitrogens with one attached hydrogen (secondary N) is 2. The van der Waals surface area contributed by atoms with Crippen LogP contribution in [-0.4, -0.2) is 19.6 Å². The highest BCUT2D eigenvalue weighted by Gasteiger charge is 2.11. The van der Waals surface area contributed by atoms with Crippen LogP contribution in [0.1, 0.15) is 11.3 Å². The van der Waals surface area contributed by atoms with Crippen LogP contribution in [0, 0.1) is 6.92 Å². The average Bonchev–Trinajstić information content (AvgIpc) is 3.06. The number of aromatic amines is 1. The van der Waals surface area contributed by atoms with Gasteiger partial charge in [-0.05, 0) is 24.6 Å². The molecule has 0 aliphatic rings. The number of anilines is 1. The fourth-order valence-electron chi connectivity index (χ4n) is 2.73. The molecule has 6 heteroatoms.